The molecule has 0 atom stereocenters. The third kappa shape index (κ3) is 8.02. The molecule has 5 nitrogen and oxygen atoms in total. The van der Waals surface area contributed by atoms with Crippen LogP contribution in [0, 0.1) is 0 Å². The third-order valence-corrected chi connectivity index (χ3v) is 3.66. The maximum Gasteiger partial charge on any atom is 0.305 e. The zero-order valence-electron chi connectivity index (χ0n) is 12.8. The van der Waals surface area contributed by atoms with Crippen LogP contribution < -0.4 is 10.1 Å². The lowest BCUT2D eigenvalue weighted by molar-refractivity contribution is -0.140. The molecule has 1 aromatic rings. The second-order valence-electron chi connectivity index (χ2n) is 4.77. The highest BCUT2D eigenvalue weighted by Gasteiger charge is 2.03. The van der Waals surface area contributed by atoms with E-state index in [9.17, 15) is 9.59 Å². The van der Waals surface area contributed by atoms with E-state index in [0.29, 0.717) is 32.4 Å². The van der Waals surface area contributed by atoms with Gasteiger partial charge in [0.2, 0.25) is 5.91 Å². The molecule has 0 aromatic heterocycles. The topological polar surface area (TPSA) is 64.6 Å². The van der Waals surface area contributed by atoms with E-state index in [4.69, 9.17) is 4.74 Å². The number of hydrogen-bond donors (Lipinski definition) is 1. The average Bonchev–Trinajstić information content (AvgIpc) is 2.52. The Labute approximate surface area is 139 Å². The Bertz CT molecular complexity index is 479. The first-order valence-corrected chi connectivity index (χ1v) is 8.13. The lowest BCUT2D eigenvalue weighted by atomic mass is 10.2. The van der Waals surface area contributed by atoms with Crippen LogP contribution in [0.15, 0.2) is 28.7 Å². The number of halogens is 1. The van der Waals surface area contributed by atoms with Gasteiger partial charge in [-0.15, -0.1) is 0 Å². The van der Waals surface area contributed by atoms with Gasteiger partial charge in [-0.3, -0.25) is 9.59 Å². The van der Waals surface area contributed by atoms with Crippen LogP contribution in [0.2, 0.25) is 0 Å². The smallest absolute Gasteiger partial charge is 0.305 e. The number of nitrogens with one attached hydrogen (secondary N) is 1. The number of para-hydroxylation sites is 1. The number of esters is 1. The van der Waals surface area contributed by atoms with Crippen LogP contribution in [0.25, 0.3) is 0 Å². The van der Waals surface area contributed by atoms with Crippen molar-refractivity contribution in [2.45, 2.75) is 32.1 Å². The fourth-order valence-corrected chi connectivity index (χ4v) is 2.19. The predicted octanol–water partition coefficient (Wildman–Crippen LogP) is 3.07. The van der Waals surface area contributed by atoms with Crippen LogP contribution in [-0.4, -0.2) is 32.1 Å². The van der Waals surface area contributed by atoms with E-state index in [1.807, 2.05) is 24.3 Å². The Morgan fingerprint density at radius 3 is 2.64 bits per heavy atom. The van der Waals surface area contributed by atoms with Crippen molar-refractivity contribution in [1.29, 1.82) is 0 Å². The van der Waals surface area contributed by atoms with Gasteiger partial charge in [0.05, 0.1) is 18.2 Å². The quantitative estimate of drug-likeness (QED) is 0.507. The SMILES string of the molecule is COC(=O)CCCCNC(=O)CCCOc1ccccc1Br. The first-order chi connectivity index (χ1) is 10.6. The van der Waals surface area contributed by atoms with Gasteiger partial charge in [-0.25, -0.2) is 0 Å². The molecule has 0 radical (unpaired) electrons. The van der Waals surface area contributed by atoms with Gasteiger partial charge in [-0.1, -0.05) is 12.1 Å². The highest BCUT2D eigenvalue weighted by molar-refractivity contribution is 9.10. The number of amides is 1. The Balaban J connectivity index is 2.02. The second-order valence-corrected chi connectivity index (χ2v) is 5.62. The largest absolute Gasteiger partial charge is 0.492 e. The molecule has 0 saturated heterocycles. The molecule has 1 rings (SSSR count). The Morgan fingerprint density at radius 2 is 1.91 bits per heavy atom. The summed E-state index contributed by atoms with van der Waals surface area (Å²) < 4.78 is 11.0. The van der Waals surface area contributed by atoms with E-state index >= 15 is 0 Å². The van der Waals surface area contributed by atoms with Crippen molar-refractivity contribution < 1.29 is 19.1 Å². The number of carbonyl (C=O) groups is 2. The second kappa shape index (κ2) is 11.1. The molecule has 0 aliphatic carbocycles. The molecular formula is C16H22BrNO4. The van der Waals surface area contributed by atoms with Crippen molar-refractivity contribution >= 4 is 27.8 Å². The van der Waals surface area contributed by atoms with E-state index in [0.717, 1.165) is 23.1 Å². The Kier molecular flexibility index (Phi) is 9.30. The molecule has 0 unspecified atom stereocenters. The highest BCUT2D eigenvalue weighted by Crippen LogP contribution is 2.23. The van der Waals surface area contributed by atoms with Crippen molar-refractivity contribution in [1.82, 2.24) is 5.32 Å². The summed E-state index contributed by atoms with van der Waals surface area (Å²) in [7, 11) is 1.38. The van der Waals surface area contributed by atoms with Gasteiger partial charge < -0.3 is 14.8 Å². The molecule has 122 valence electrons. The molecule has 0 spiro atoms. The van der Waals surface area contributed by atoms with E-state index in [-0.39, 0.29) is 11.9 Å². The Hall–Kier alpha value is -1.56. The summed E-state index contributed by atoms with van der Waals surface area (Å²) in [5, 5.41) is 2.83. The molecule has 1 N–H and O–H groups in total. The fraction of sp³-hybridized carbons (Fsp3) is 0.500. The van der Waals surface area contributed by atoms with Crippen LogP contribution in [-0.2, 0) is 14.3 Å². The zero-order valence-corrected chi connectivity index (χ0v) is 14.4. The average molecular weight is 372 g/mol. The number of unbranched alkanes of at least 4 members (excludes halogenated alkanes) is 1. The highest BCUT2D eigenvalue weighted by atomic mass is 79.9. The van der Waals surface area contributed by atoms with Crippen LogP contribution in [0.5, 0.6) is 5.75 Å². The summed E-state index contributed by atoms with van der Waals surface area (Å²) in [6, 6.07) is 7.62. The van der Waals surface area contributed by atoms with Gasteiger partial charge in [0, 0.05) is 19.4 Å². The molecule has 22 heavy (non-hydrogen) atoms. The van der Waals surface area contributed by atoms with E-state index in [1.165, 1.54) is 7.11 Å². The number of rotatable bonds is 10. The minimum atomic E-state index is -0.212. The molecule has 1 amide bonds. The maximum absolute atomic E-state index is 11.6. The van der Waals surface area contributed by atoms with Crippen molar-refractivity contribution in [3.63, 3.8) is 0 Å². The molecule has 0 aliphatic heterocycles. The lowest BCUT2D eigenvalue weighted by Gasteiger charge is -2.08. The number of hydrogen-bond acceptors (Lipinski definition) is 4. The molecule has 0 heterocycles. The standard InChI is InChI=1S/C16H22BrNO4/c1-21-16(20)10-4-5-11-18-15(19)9-6-12-22-14-8-3-2-7-13(14)17/h2-3,7-8H,4-6,9-12H2,1H3,(H,18,19). The molecular weight excluding hydrogens is 350 g/mol. The van der Waals surface area contributed by atoms with Crippen LogP contribution >= 0.6 is 15.9 Å². The maximum atomic E-state index is 11.6. The normalized spacial score (nSPS) is 10.1. The fourth-order valence-electron chi connectivity index (χ4n) is 1.79. The van der Waals surface area contributed by atoms with E-state index < -0.39 is 0 Å². The summed E-state index contributed by atoms with van der Waals surface area (Å²) in [5.74, 6) is 0.579. The molecule has 1 aromatic carbocycles. The molecule has 0 saturated carbocycles. The van der Waals surface area contributed by atoms with Gasteiger partial charge in [0.15, 0.2) is 0 Å². The zero-order chi connectivity index (χ0) is 16.2. The number of methoxy groups -OCH3 is 1. The van der Waals surface area contributed by atoms with Gasteiger partial charge in [0.25, 0.3) is 0 Å². The third-order valence-electron chi connectivity index (χ3n) is 3.00. The van der Waals surface area contributed by atoms with Gasteiger partial charge >= 0.3 is 5.97 Å². The summed E-state index contributed by atoms with van der Waals surface area (Å²) in [6.45, 7) is 1.08. The van der Waals surface area contributed by atoms with Crippen molar-refractivity contribution in [3.8, 4) is 5.75 Å². The van der Waals surface area contributed by atoms with Gasteiger partial charge in [-0.2, -0.15) is 0 Å². The van der Waals surface area contributed by atoms with E-state index in [1.54, 1.807) is 0 Å². The number of carbonyl (C=O) groups excluding carboxylic acids is 2. The summed E-state index contributed by atoms with van der Waals surface area (Å²) in [4.78, 5) is 22.5. The van der Waals surface area contributed by atoms with Gasteiger partial charge in [0.1, 0.15) is 5.75 Å². The van der Waals surface area contributed by atoms with Crippen LogP contribution in [0.3, 0.4) is 0 Å². The molecule has 0 fully saturated rings. The van der Waals surface area contributed by atoms with Gasteiger partial charge in [-0.05, 0) is 47.3 Å². The molecule has 6 heteroatoms. The van der Waals surface area contributed by atoms with Crippen molar-refractivity contribution in [2.75, 3.05) is 20.3 Å². The van der Waals surface area contributed by atoms with Crippen LogP contribution in [0.1, 0.15) is 32.1 Å². The summed E-state index contributed by atoms with van der Waals surface area (Å²) in [6.07, 6.45) is 2.98. The van der Waals surface area contributed by atoms with Crippen molar-refractivity contribution in [3.05, 3.63) is 28.7 Å². The predicted molar refractivity (Wildman–Crippen MR) is 87.7 cm³/mol. The summed E-state index contributed by atoms with van der Waals surface area (Å²) in [5.41, 5.74) is 0. The minimum absolute atomic E-state index is 0.00814. The van der Waals surface area contributed by atoms with E-state index in [2.05, 4.69) is 26.0 Å². The minimum Gasteiger partial charge on any atom is -0.492 e. The molecule has 0 aliphatic rings. The lowest BCUT2D eigenvalue weighted by Crippen LogP contribution is -2.24. The van der Waals surface area contributed by atoms with Crippen LogP contribution in [0.4, 0.5) is 0 Å². The van der Waals surface area contributed by atoms with Crippen molar-refractivity contribution in [2.24, 2.45) is 0 Å². The first-order valence-electron chi connectivity index (χ1n) is 7.34. The monoisotopic (exact) mass is 371 g/mol. The Morgan fingerprint density at radius 1 is 1.14 bits per heavy atom. The molecule has 0 bridgehead atoms. The first kappa shape index (κ1) is 18.5. The number of ether oxygens (including phenoxy) is 2. The number of benzene rings is 1. The summed E-state index contributed by atoms with van der Waals surface area (Å²) >= 11 is 3.40.